The summed E-state index contributed by atoms with van der Waals surface area (Å²) >= 11 is 2.70. The predicted octanol–water partition coefficient (Wildman–Crippen LogP) is 6.54. The molecule has 0 spiro atoms. The molecule has 5 rings (SSSR count). The van der Waals surface area contributed by atoms with Crippen molar-refractivity contribution in [3.05, 3.63) is 105 Å². The Morgan fingerprint density at radius 2 is 1.69 bits per heavy atom. The first kappa shape index (κ1) is 23.0. The van der Waals surface area contributed by atoms with Crippen LogP contribution < -0.4 is 9.64 Å². The molecule has 0 atom stereocenters. The summed E-state index contributed by atoms with van der Waals surface area (Å²) in [6.07, 6.45) is 1.86. The van der Waals surface area contributed by atoms with Crippen molar-refractivity contribution in [3.8, 4) is 5.75 Å². The Morgan fingerprint density at radius 3 is 2.43 bits per heavy atom. The quantitative estimate of drug-likeness (QED) is 0.282. The van der Waals surface area contributed by atoms with E-state index in [9.17, 15) is 4.79 Å². The Kier molecular flexibility index (Phi) is 6.74. The van der Waals surface area contributed by atoms with E-state index in [4.69, 9.17) is 4.74 Å². The zero-order chi connectivity index (χ0) is 24.2. The van der Waals surface area contributed by atoms with E-state index in [0.29, 0.717) is 27.6 Å². The summed E-state index contributed by atoms with van der Waals surface area (Å²) in [4.78, 5) is 20.3. The maximum absolute atomic E-state index is 13.5. The van der Waals surface area contributed by atoms with E-state index in [2.05, 4.69) is 46.4 Å². The van der Waals surface area contributed by atoms with E-state index < -0.39 is 0 Å². The van der Waals surface area contributed by atoms with Gasteiger partial charge < -0.3 is 4.74 Å². The molecule has 1 amide bonds. The molecule has 35 heavy (non-hydrogen) atoms. The molecular weight excluding hydrogens is 476 g/mol. The zero-order valence-electron chi connectivity index (χ0n) is 19.2. The minimum absolute atomic E-state index is 0.144. The Hall–Kier alpha value is -3.75. The lowest BCUT2D eigenvalue weighted by atomic mass is 10.1. The number of carbonyl (C=O) groups excluding carboxylic acids is 1. The second-order valence-corrected chi connectivity index (χ2v) is 10.1. The molecule has 0 unspecified atom stereocenters. The first-order valence-electron chi connectivity index (χ1n) is 11.0. The number of carbonyl (C=O) groups is 1. The number of hydrogen-bond donors (Lipinski definition) is 0. The van der Waals surface area contributed by atoms with E-state index in [1.54, 1.807) is 4.90 Å². The zero-order valence-corrected chi connectivity index (χ0v) is 20.8. The third kappa shape index (κ3) is 5.34. The van der Waals surface area contributed by atoms with Crippen LogP contribution in [0.3, 0.4) is 0 Å². The van der Waals surface area contributed by atoms with Crippen LogP contribution in [0.15, 0.2) is 88.8 Å². The maximum Gasteiger partial charge on any atom is 0.271 e. The molecule has 3 aromatic carbocycles. The number of rotatable bonds is 6. The van der Waals surface area contributed by atoms with Gasteiger partial charge in [-0.25, -0.2) is 0 Å². The summed E-state index contributed by atoms with van der Waals surface area (Å²) in [6.45, 7) is 4.38. The molecule has 6 nitrogen and oxygen atoms in total. The van der Waals surface area contributed by atoms with Gasteiger partial charge in [-0.2, -0.15) is 4.99 Å². The molecule has 0 radical (unpaired) electrons. The number of para-hydroxylation sites is 2. The summed E-state index contributed by atoms with van der Waals surface area (Å²) in [5, 5.41) is 10.0. The van der Waals surface area contributed by atoms with Crippen molar-refractivity contribution >= 4 is 51.1 Å². The molecule has 174 valence electrons. The largest absolute Gasteiger partial charge is 0.488 e. The third-order valence-corrected chi connectivity index (χ3v) is 6.95. The van der Waals surface area contributed by atoms with Crippen LogP contribution in [0.4, 0.5) is 10.8 Å². The average Bonchev–Trinajstić information content (AvgIpc) is 3.42. The number of anilines is 1. The van der Waals surface area contributed by atoms with Gasteiger partial charge in [0.1, 0.15) is 17.4 Å². The van der Waals surface area contributed by atoms with Crippen LogP contribution in [0.5, 0.6) is 5.75 Å². The number of amidine groups is 1. The Balaban J connectivity index is 1.46. The third-order valence-electron chi connectivity index (χ3n) is 5.25. The number of nitrogens with zero attached hydrogens (tertiary/aromatic N) is 4. The predicted molar refractivity (Wildman–Crippen MR) is 143 cm³/mol. The van der Waals surface area contributed by atoms with Crippen LogP contribution in [0.25, 0.3) is 6.08 Å². The van der Waals surface area contributed by atoms with Gasteiger partial charge in [-0.05, 0) is 55.4 Å². The summed E-state index contributed by atoms with van der Waals surface area (Å²) in [5.74, 6) is 0.569. The van der Waals surface area contributed by atoms with Crippen molar-refractivity contribution in [2.75, 3.05) is 4.90 Å². The molecule has 0 aliphatic carbocycles. The molecule has 0 bridgehead atoms. The minimum atomic E-state index is -0.144. The number of aromatic nitrogens is 2. The highest BCUT2D eigenvalue weighted by Gasteiger charge is 2.35. The molecule has 1 saturated heterocycles. The van der Waals surface area contributed by atoms with Crippen LogP contribution in [0.1, 0.15) is 21.7 Å². The van der Waals surface area contributed by atoms with E-state index in [1.807, 2.05) is 67.6 Å². The first-order valence-corrected chi connectivity index (χ1v) is 12.7. The van der Waals surface area contributed by atoms with Crippen LogP contribution in [-0.4, -0.2) is 21.3 Å². The van der Waals surface area contributed by atoms with Crippen molar-refractivity contribution in [3.63, 3.8) is 0 Å². The molecule has 0 N–H and O–H groups in total. The highest BCUT2D eigenvalue weighted by Crippen LogP contribution is 2.38. The number of aliphatic imine (C=N–C) groups is 1. The van der Waals surface area contributed by atoms with Crippen LogP contribution in [-0.2, 0) is 11.4 Å². The highest BCUT2D eigenvalue weighted by molar-refractivity contribution is 8.19. The lowest BCUT2D eigenvalue weighted by molar-refractivity contribution is -0.113. The summed E-state index contributed by atoms with van der Waals surface area (Å²) in [7, 11) is 0. The number of aryl methyl sites for hydroxylation is 2. The van der Waals surface area contributed by atoms with E-state index in [-0.39, 0.29) is 5.91 Å². The van der Waals surface area contributed by atoms with Crippen LogP contribution in [0, 0.1) is 13.8 Å². The highest BCUT2D eigenvalue weighted by atomic mass is 32.2. The fourth-order valence-corrected chi connectivity index (χ4v) is 5.07. The van der Waals surface area contributed by atoms with Gasteiger partial charge >= 0.3 is 0 Å². The van der Waals surface area contributed by atoms with E-state index in [1.165, 1.54) is 28.7 Å². The Morgan fingerprint density at radius 1 is 0.943 bits per heavy atom. The van der Waals surface area contributed by atoms with Gasteiger partial charge in [0.15, 0.2) is 5.17 Å². The van der Waals surface area contributed by atoms with Gasteiger partial charge in [0.05, 0.1) is 10.6 Å². The monoisotopic (exact) mass is 498 g/mol. The number of thioether (sulfide) groups is 1. The standard InChI is InChI=1S/C27H22N4O2S2/c1-18-12-14-20(15-13-18)17-33-23-11-7-6-8-21(23)16-24-25(32)31(22-9-4-3-5-10-22)27(35-24)28-26-30-29-19(2)34-26/h3-16H,17H2,1-2H3/b24-16-,28-27+. The van der Waals surface area contributed by atoms with Crippen molar-refractivity contribution in [1.82, 2.24) is 10.2 Å². The normalized spacial score (nSPS) is 15.8. The van der Waals surface area contributed by atoms with Gasteiger partial charge in [0.25, 0.3) is 5.91 Å². The van der Waals surface area contributed by atoms with Crippen molar-refractivity contribution in [1.29, 1.82) is 0 Å². The van der Waals surface area contributed by atoms with Crippen molar-refractivity contribution < 1.29 is 9.53 Å². The van der Waals surface area contributed by atoms with Gasteiger partial charge in [-0.1, -0.05) is 77.6 Å². The lowest BCUT2D eigenvalue weighted by Gasteiger charge is -2.14. The first-order chi connectivity index (χ1) is 17.1. The molecule has 1 aromatic heterocycles. The van der Waals surface area contributed by atoms with E-state index >= 15 is 0 Å². The van der Waals surface area contributed by atoms with Gasteiger partial charge in [-0.15, -0.1) is 10.2 Å². The molecule has 1 aliphatic heterocycles. The molecule has 4 aromatic rings. The van der Waals surface area contributed by atoms with Crippen molar-refractivity contribution in [2.45, 2.75) is 20.5 Å². The van der Waals surface area contributed by atoms with Gasteiger partial charge in [0.2, 0.25) is 5.13 Å². The molecule has 0 saturated carbocycles. The molecule has 8 heteroatoms. The van der Waals surface area contributed by atoms with Gasteiger partial charge in [-0.3, -0.25) is 9.69 Å². The van der Waals surface area contributed by atoms with Gasteiger partial charge in [0, 0.05) is 5.56 Å². The molecule has 1 fully saturated rings. The van der Waals surface area contributed by atoms with Crippen molar-refractivity contribution in [2.24, 2.45) is 4.99 Å². The number of hydrogen-bond acceptors (Lipinski definition) is 7. The molecule has 1 aliphatic rings. The summed E-state index contributed by atoms with van der Waals surface area (Å²) < 4.78 is 6.12. The minimum Gasteiger partial charge on any atom is -0.488 e. The number of amides is 1. The number of ether oxygens (including phenoxy) is 1. The lowest BCUT2D eigenvalue weighted by Crippen LogP contribution is -2.28. The summed E-state index contributed by atoms with van der Waals surface area (Å²) in [5.41, 5.74) is 3.87. The molecular formula is C27H22N4O2S2. The topological polar surface area (TPSA) is 67.7 Å². The Labute approximate surface area is 212 Å². The maximum atomic E-state index is 13.5. The average molecular weight is 499 g/mol. The Bertz CT molecular complexity index is 1410. The van der Waals surface area contributed by atoms with E-state index in [0.717, 1.165) is 21.8 Å². The smallest absolute Gasteiger partial charge is 0.271 e. The second-order valence-electron chi connectivity index (χ2n) is 7.90. The fraction of sp³-hybridized carbons (Fsp3) is 0.111. The number of benzene rings is 3. The fourth-order valence-electron chi connectivity index (χ4n) is 3.48. The molecule has 2 heterocycles. The summed E-state index contributed by atoms with van der Waals surface area (Å²) in [6, 6.07) is 25.5. The second kappa shape index (κ2) is 10.2. The SMILES string of the molecule is Cc1ccc(COc2ccccc2/C=C2\S/C(=N/c3nnc(C)s3)N(c3ccccc3)C2=O)cc1. The van der Waals surface area contributed by atoms with Crippen LogP contribution >= 0.6 is 23.1 Å². The van der Waals surface area contributed by atoms with Crippen LogP contribution in [0.2, 0.25) is 0 Å².